The van der Waals surface area contributed by atoms with Crippen molar-refractivity contribution in [3.05, 3.63) is 23.3 Å². The van der Waals surface area contributed by atoms with E-state index in [9.17, 15) is 4.79 Å². The molecule has 1 aliphatic heterocycles. The molecule has 3 rings (SSSR count). The van der Waals surface area contributed by atoms with E-state index in [1.807, 2.05) is 13.0 Å². The molecule has 1 aliphatic carbocycles. The molecule has 7 nitrogen and oxygen atoms in total. The monoisotopic (exact) mass is 408 g/mol. The van der Waals surface area contributed by atoms with Gasteiger partial charge in [0.2, 0.25) is 0 Å². The molecule has 0 spiro atoms. The summed E-state index contributed by atoms with van der Waals surface area (Å²) in [5.41, 5.74) is 0.974. The Hall–Kier alpha value is -1.67. The van der Waals surface area contributed by atoms with E-state index in [2.05, 4.69) is 19.9 Å². The summed E-state index contributed by atoms with van der Waals surface area (Å²) in [6.07, 6.45) is 0.496. The van der Waals surface area contributed by atoms with Crippen molar-refractivity contribution in [1.82, 2.24) is 0 Å². The van der Waals surface area contributed by atoms with Crippen LogP contribution in [-0.4, -0.2) is 52.4 Å². The van der Waals surface area contributed by atoms with Gasteiger partial charge in [-0.3, -0.25) is 4.79 Å². The second-order valence-corrected chi connectivity index (χ2v) is 8.66. The molecule has 3 atom stereocenters. The lowest BCUT2D eigenvalue weighted by Gasteiger charge is -2.55. The number of benzene rings is 1. The third-order valence-corrected chi connectivity index (χ3v) is 6.08. The summed E-state index contributed by atoms with van der Waals surface area (Å²) in [7, 11) is 4.80. The average Bonchev–Trinajstić information content (AvgIpc) is 2.65. The van der Waals surface area contributed by atoms with E-state index in [0.29, 0.717) is 18.1 Å². The number of fused-ring (bicyclic) bond motifs is 2. The molecule has 0 aromatic heterocycles. The number of carbonyl (C=O) groups excluding carboxylic acids is 1. The van der Waals surface area contributed by atoms with Gasteiger partial charge in [-0.2, -0.15) is 0 Å². The lowest BCUT2D eigenvalue weighted by molar-refractivity contribution is -0.190. The second-order valence-electron chi connectivity index (χ2n) is 8.66. The Balaban J connectivity index is 2.01. The van der Waals surface area contributed by atoms with Crippen LogP contribution in [0.4, 0.5) is 0 Å². The smallest absolute Gasteiger partial charge is 0.188 e. The van der Waals surface area contributed by atoms with Crippen molar-refractivity contribution in [2.75, 3.05) is 34.9 Å². The molecule has 0 saturated heterocycles. The molecule has 1 saturated carbocycles. The van der Waals surface area contributed by atoms with E-state index in [4.69, 9.17) is 28.4 Å². The fraction of sp³-hybridized carbons (Fsp3) is 0.682. The molecule has 0 N–H and O–H groups in total. The maximum absolute atomic E-state index is 13.0. The first kappa shape index (κ1) is 22.0. The van der Waals surface area contributed by atoms with Crippen molar-refractivity contribution in [2.45, 2.75) is 51.9 Å². The quantitative estimate of drug-likeness (QED) is 0.612. The van der Waals surface area contributed by atoms with Gasteiger partial charge in [0.15, 0.2) is 24.1 Å². The third kappa shape index (κ3) is 4.14. The molecule has 0 unspecified atom stereocenters. The van der Waals surface area contributed by atoms with Gasteiger partial charge in [0.25, 0.3) is 0 Å². The maximum Gasteiger partial charge on any atom is 0.188 e. The van der Waals surface area contributed by atoms with E-state index in [0.717, 1.165) is 17.5 Å². The summed E-state index contributed by atoms with van der Waals surface area (Å²) in [5.74, 6) is 1.40. The van der Waals surface area contributed by atoms with Crippen LogP contribution in [0.25, 0.3) is 0 Å². The molecule has 29 heavy (non-hydrogen) atoms. The molecule has 1 aromatic rings. The van der Waals surface area contributed by atoms with Crippen LogP contribution in [0.5, 0.6) is 11.5 Å². The zero-order valence-electron chi connectivity index (χ0n) is 18.2. The van der Waals surface area contributed by atoms with Gasteiger partial charge in [0, 0.05) is 39.1 Å². The average molecular weight is 408 g/mol. The number of hydrogen-bond donors (Lipinski definition) is 0. The third-order valence-electron chi connectivity index (χ3n) is 6.08. The topological polar surface area (TPSA) is 72.5 Å². The molecule has 0 radical (unpaired) electrons. The lowest BCUT2D eigenvalue weighted by Crippen LogP contribution is -2.62. The van der Waals surface area contributed by atoms with Crippen LogP contribution >= 0.6 is 0 Å². The van der Waals surface area contributed by atoms with Crippen molar-refractivity contribution >= 4 is 5.78 Å². The highest BCUT2D eigenvalue weighted by molar-refractivity contribution is 5.86. The van der Waals surface area contributed by atoms with Crippen molar-refractivity contribution in [3.8, 4) is 11.5 Å². The summed E-state index contributed by atoms with van der Waals surface area (Å²) in [6.45, 7) is 6.83. The van der Waals surface area contributed by atoms with Gasteiger partial charge >= 0.3 is 0 Å². The minimum absolute atomic E-state index is 0.0320. The number of ether oxygens (including phenoxy) is 6. The first-order valence-electron chi connectivity index (χ1n) is 9.85. The lowest BCUT2D eigenvalue weighted by atomic mass is 9.57. The van der Waals surface area contributed by atoms with Crippen molar-refractivity contribution in [3.63, 3.8) is 0 Å². The van der Waals surface area contributed by atoms with Gasteiger partial charge in [-0.15, -0.1) is 0 Å². The number of Topliss-reactive ketones (excluding diaryl/α,β-unsaturated/α-hetero) is 1. The Labute approximate surface area is 172 Å². The molecule has 1 heterocycles. The van der Waals surface area contributed by atoms with E-state index >= 15 is 0 Å². The fourth-order valence-electron chi connectivity index (χ4n) is 4.90. The van der Waals surface area contributed by atoms with E-state index < -0.39 is 17.1 Å². The minimum Gasteiger partial charge on any atom is -0.483 e. The number of ketones is 1. The number of carbonyl (C=O) groups is 1. The molecule has 7 heteroatoms. The molecular weight excluding hydrogens is 376 g/mol. The molecule has 1 fully saturated rings. The van der Waals surface area contributed by atoms with Gasteiger partial charge in [-0.1, -0.05) is 13.8 Å². The zero-order chi connectivity index (χ0) is 21.2. The summed E-state index contributed by atoms with van der Waals surface area (Å²) in [5, 5.41) is 0. The van der Waals surface area contributed by atoms with E-state index in [1.54, 1.807) is 21.3 Å². The highest BCUT2D eigenvalue weighted by atomic mass is 16.7. The van der Waals surface area contributed by atoms with Crippen molar-refractivity contribution in [1.29, 1.82) is 0 Å². The van der Waals surface area contributed by atoms with Crippen LogP contribution in [0, 0.1) is 11.3 Å². The SMILES string of the molecule is COCOc1cc(COC)cc2c1O[C@]1(C)CC(=O)[C@@H](OCOC)C(C)(C)[C@H]1C2. The minimum atomic E-state index is -0.644. The van der Waals surface area contributed by atoms with Gasteiger partial charge < -0.3 is 28.4 Å². The number of rotatable bonds is 8. The van der Waals surface area contributed by atoms with Gasteiger partial charge in [-0.25, -0.2) is 0 Å². The van der Waals surface area contributed by atoms with E-state index in [-0.39, 0.29) is 31.7 Å². The zero-order valence-corrected chi connectivity index (χ0v) is 18.2. The largest absolute Gasteiger partial charge is 0.483 e. The first-order valence-corrected chi connectivity index (χ1v) is 9.85. The normalized spacial score (nSPS) is 27.7. The fourth-order valence-corrected chi connectivity index (χ4v) is 4.90. The predicted octanol–water partition coefficient (Wildman–Crippen LogP) is 3.11. The Morgan fingerprint density at radius 1 is 1.07 bits per heavy atom. The number of hydrogen-bond acceptors (Lipinski definition) is 7. The maximum atomic E-state index is 13.0. The van der Waals surface area contributed by atoms with Gasteiger partial charge in [0.05, 0.1) is 6.61 Å². The van der Waals surface area contributed by atoms with Crippen LogP contribution in [0.15, 0.2) is 12.1 Å². The predicted molar refractivity (Wildman–Crippen MR) is 106 cm³/mol. The van der Waals surface area contributed by atoms with Crippen LogP contribution in [0.1, 0.15) is 38.3 Å². The molecule has 2 aliphatic rings. The molecule has 0 bridgehead atoms. The Kier molecular flexibility index (Phi) is 6.53. The highest BCUT2D eigenvalue weighted by Gasteiger charge is 2.59. The van der Waals surface area contributed by atoms with Crippen molar-refractivity contribution in [2.24, 2.45) is 11.3 Å². The molecule has 162 valence electrons. The summed E-state index contributed by atoms with van der Waals surface area (Å²) >= 11 is 0. The standard InChI is InChI=1S/C22H32O7/c1-21(2)18-9-15-7-14(11-24-4)8-17(27-12-25-5)19(15)29-22(18,3)10-16(23)20(21)28-13-26-6/h7-8,18,20H,9-13H2,1-6H3/t18-,20-,22-/m1/s1. The van der Waals surface area contributed by atoms with Crippen LogP contribution in [0.2, 0.25) is 0 Å². The van der Waals surface area contributed by atoms with E-state index in [1.165, 1.54) is 0 Å². The molecular formula is C22H32O7. The summed E-state index contributed by atoms with van der Waals surface area (Å²) in [6, 6.07) is 4.00. The summed E-state index contributed by atoms with van der Waals surface area (Å²) < 4.78 is 33.5. The molecule has 0 amide bonds. The molecule has 1 aromatic carbocycles. The van der Waals surface area contributed by atoms with Gasteiger partial charge in [-0.05, 0) is 36.6 Å². The van der Waals surface area contributed by atoms with Crippen LogP contribution in [-0.2, 0) is 36.8 Å². The van der Waals surface area contributed by atoms with Crippen LogP contribution in [0.3, 0.4) is 0 Å². The summed E-state index contributed by atoms with van der Waals surface area (Å²) in [4.78, 5) is 13.0. The Morgan fingerprint density at radius 2 is 1.79 bits per heavy atom. The van der Waals surface area contributed by atoms with Gasteiger partial charge in [0.1, 0.15) is 18.5 Å². The first-order chi connectivity index (χ1) is 13.8. The Morgan fingerprint density at radius 3 is 2.45 bits per heavy atom. The highest BCUT2D eigenvalue weighted by Crippen LogP contribution is 2.54. The second kappa shape index (κ2) is 8.60. The van der Waals surface area contributed by atoms with Crippen molar-refractivity contribution < 1.29 is 33.2 Å². The van der Waals surface area contributed by atoms with Crippen LogP contribution < -0.4 is 9.47 Å². The Bertz CT molecular complexity index is 745. The number of methoxy groups -OCH3 is 3.